The Hall–Kier alpha value is -2.11. The highest BCUT2D eigenvalue weighted by Gasteiger charge is 2.28. The maximum absolute atomic E-state index is 13.0. The molecule has 2 aromatic rings. The molecule has 28 heavy (non-hydrogen) atoms. The summed E-state index contributed by atoms with van der Waals surface area (Å²) in [4.78, 5) is 14.3. The summed E-state index contributed by atoms with van der Waals surface area (Å²) >= 11 is 0. The molecule has 1 N–H and O–H groups in total. The molecule has 3 rings (SSSR count). The molecule has 1 saturated heterocycles. The molecule has 0 unspecified atom stereocenters. The van der Waals surface area contributed by atoms with Gasteiger partial charge in [-0.1, -0.05) is 12.1 Å². The number of morpholine rings is 1. The zero-order valence-electron chi connectivity index (χ0n) is 17.7. The third-order valence-corrected chi connectivity index (χ3v) is 5.68. The second-order valence-corrected chi connectivity index (χ2v) is 8.05. The molecule has 0 aliphatic carbocycles. The Balaban J connectivity index is 1.65. The number of carbonyl (C=O) groups excluding carboxylic acids is 1. The number of aromatic nitrogens is 1. The van der Waals surface area contributed by atoms with Crippen LogP contribution in [0.3, 0.4) is 0 Å². The van der Waals surface area contributed by atoms with E-state index >= 15 is 0 Å². The highest BCUT2D eigenvalue weighted by Crippen LogP contribution is 2.18. The van der Waals surface area contributed by atoms with Crippen LogP contribution in [-0.4, -0.2) is 49.3 Å². The van der Waals surface area contributed by atoms with Gasteiger partial charge in [0, 0.05) is 23.5 Å². The summed E-state index contributed by atoms with van der Waals surface area (Å²) in [5.74, 6) is 1.11. The van der Waals surface area contributed by atoms with Crippen molar-refractivity contribution in [2.24, 2.45) is 0 Å². The van der Waals surface area contributed by atoms with E-state index in [1.807, 2.05) is 12.1 Å². The van der Waals surface area contributed by atoms with Crippen LogP contribution in [0.15, 0.2) is 30.3 Å². The summed E-state index contributed by atoms with van der Waals surface area (Å²) in [5, 5.41) is 0. The second kappa shape index (κ2) is 8.93. The van der Waals surface area contributed by atoms with E-state index in [9.17, 15) is 4.79 Å². The zero-order valence-corrected chi connectivity index (χ0v) is 17.7. The molecule has 2 atom stereocenters. The minimum absolute atomic E-state index is 0.212. The number of hydrogen-bond acceptors (Lipinski definition) is 3. The van der Waals surface area contributed by atoms with Crippen molar-refractivity contribution >= 4 is 5.78 Å². The molecular weight excluding hydrogens is 352 g/mol. The van der Waals surface area contributed by atoms with E-state index in [2.05, 4.69) is 50.5 Å². The van der Waals surface area contributed by atoms with Gasteiger partial charge in [-0.15, -0.1) is 0 Å². The highest BCUT2D eigenvalue weighted by molar-refractivity contribution is 5.98. The number of methoxy groups -OCH3 is 1. The number of ether oxygens (including phenoxy) is 2. The van der Waals surface area contributed by atoms with Crippen LogP contribution in [0.25, 0.3) is 0 Å². The van der Waals surface area contributed by atoms with Gasteiger partial charge >= 0.3 is 0 Å². The Morgan fingerprint density at radius 2 is 1.82 bits per heavy atom. The fourth-order valence-corrected chi connectivity index (χ4v) is 4.32. The van der Waals surface area contributed by atoms with Crippen LogP contribution in [0.2, 0.25) is 0 Å². The first-order valence-corrected chi connectivity index (χ1v) is 10.2. The third-order valence-electron chi connectivity index (χ3n) is 5.68. The maximum Gasteiger partial charge on any atom is 0.218 e. The number of ketones is 1. The van der Waals surface area contributed by atoms with Gasteiger partial charge in [0.25, 0.3) is 0 Å². The van der Waals surface area contributed by atoms with Crippen molar-refractivity contribution in [3.63, 3.8) is 0 Å². The number of benzene rings is 1. The molecule has 0 radical (unpaired) electrons. The van der Waals surface area contributed by atoms with Gasteiger partial charge < -0.3 is 18.9 Å². The summed E-state index contributed by atoms with van der Waals surface area (Å²) in [7, 11) is 1.68. The number of aryl methyl sites for hydroxylation is 2. The lowest BCUT2D eigenvalue weighted by molar-refractivity contribution is -0.906. The minimum atomic E-state index is 0.212. The molecule has 0 saturated carbocycles. The van der Waals surface area contributed by atoms with Crippen molar-refractivity contribution in [2.75, 3.05) is 26.7 Å². The van der Waals surface area contributed by atoms with Gasteiger partial charge in [-0.2, -0.15) is 0 Å². The molecule has 5 nitrogen and oxygen atoms in total. The van der Waals surface area contributed by atoms with Gasteiger partial charge in [-0.25, -0.2) is 0 Å². The number of rotatable bonds is 7. The molecular formula is C23H33N2O3+. The van der Waals surface area contributed by atoms with Gasteiger partial charge in [-0.05, 0) is 57.9 Å². The first-order valence-electron chi connectivity index (χ1n) is 10.2. The van der Waals surface area contributed by atoms with Crippen LogP contribution in [0.1, 0.15) is 41.2 Å². The Bertz CT molecular complexity index is 800. The van der Waals surface area contributed by atoms with Gasteiger partial charge in [0.15, 0.2) is 0 Å². The summed E-state index contributed by atoms with van der Waals surface area (Å²) in [6.07, 6.45) is 1.35. The average molecular weight is 386 g/mol. The van der Waals surface area contributed by atoms with Gasteiger partial charge in [0.2, 0.25) is 5.78 Å². The highest BCUT2D eigenvalue weighted by atomic mass is 16.5. The van der Waals surface area contributed by atoms with Gasteiger partial charge in [0.1, 0.15) is 37.6 Å². The van der Waals surface area contributed by atoms with Crippen molar-refractivity contribution in [1.82, 2.24) is 4.57 Å². The van der Waals surface area contributed by atoms with Crippen molar-refractivity contribution in [1.29, 1.82) is 0 Å². The Morgan fingerprint density at radius 3 is 2.43 bits per heavy atom. The predicted octanol–water partition coefficient (Wildman–Crippen LogP) is 2.23. The Morgan fingerprint density at radius 1 is 1.18 bits per heavy atom. The summed E-state index contributed by atoms with van der Waals surface area (Å²) in [6.45, 7) is 11.5. The van der Waals surface area contributed by atoms with Crippen molar-refractivity contribution in [3.8, 4) is 5.75 Å². The molecule has 0 bridgehead atoms. The fourth-order valence-electron chi connectivity index (χ4n) is 4.32. The van der Waals surface area contributed by atoms with Crippen LogP contribution in [0.5, 0.6) is 5.75 Å². The van der Waals surface area contributed by atoms with Crippen LogP contribution >= 0.6 is 0 Å². The standard InChI is InChI=1S/C23H32N2O3/c1-16-12-22(23(26)15-24-13-17(2)28-18(3)14-24)19(4)25(16)11-10-20-6-8-21(27-5)9-7-20/h6-9,12,17-18H,10-11,13-15H2,1-5H3/p+1/t17-,18-/m1/s1. The monoisotopic (exact) mass is 385 g/mol. The smallest absolute Gasteiger partial charge is 0.218 e. The van der Waals surface area contributed by atoms with E-state index in [0.717, 1.165) is 48.8 Å². The third kappa shape index (κ3) is 4.83. The van der Waals surface area contributed by atoms with Crippen molar-refractivity contribution in [2.45, 2.75) is 52.9 Å². The number of nitrogens with one attached hydrogen (secondary N) is 1. The summed E-state index contributed by atoms with van der Waals surface area (Å²) < 4.78 is 13.3. The molecule has 1 aromatic heterocycles. The Kier molecular flexibility index (Phi) is 6.57. The maximum atomic E-state index is 13.0. The lowest BCUT2D eigenvalue weighted by atomic mass is 10.1. The summed E-state index contributed by atoms with van der Waals surface area (Å²) in [6, 6.07) is 10.2. The molecule has 1 aliphatic heterocycles. The molecule has 0 amide bonds. The van der Waals surface area contributed by atoms with Gasteiger partial charge in [0.05, 0.1) is 7.11 Å². The first kappa shape index (κ1) is 20.6. The summed E-state index contributed by atoms with van der Waals surface area (Å²) in [5.41, 5.74) is 4.35. The van der Waals surface area contributed by atoms with Crippen LogP contribution in [-0.2, 0) is 17.7 Å². The van der Waals surface area contributed by atoms with Crippen LogP contribution in [0.4, 0.5) is 0 Å². The van der Waals surface area contributed by atoms with E-state index in [-0.39, 0.29) is 18.0 Å². The molecule has 2 heterocycles. The first-order chi connectivity index (χ1) is 13.4. The van der Waals surface area contributed by atoms with Crippen LogP contribution < -0.4 is 9.64 Å². The quantitative estimate of drug-likeness (QED) is 0.744. The van der Waals surface area contributed by atoms with E-state index in [1.54, 1.807) is 7.11 Å². The lowest BCUT2D eigenvalue weighted by Gasteiger charge is -2.31. The van der Waals surface area contributed by atoms with E-state index in [4.69, 9.17) is 9.47 Å². The number of Topliss-reactive ketones (excluding diaryl/α,β-unsaturated/α-hetero) is 1. The fraction of sp³-hybridized carbons (Fsp3) is 0.522. The molecule has 1 fully saturated rings. The number of quaternary nitrogens is 1. The molecule has 152 valence electrons. The SMILES string of the molecule is COc1ccc(CCn2c(C)cc(C(=O)C[NH+]3C[C@@H](C)O[C@H](C)C3)c2C)cc1. The number of hydrogen-bond donors (Lipinski definition) is 1. The van der Waals surface area contributed by atoms with E-state index in [1.165, 1.54) is 10.5 Å². The normalized spacial score (nSPS) is 22.2. The van der Waals surface area contributed by atoms with Crippen molar-refractivity contribution < 1.29 is 19.2 Å². The molecule has 1 aromatic carbocycles. The van der Waals surface area contributed by atoms with Gasteiger partial charge in [-0.3, -0.25) is 4.79 Å². The van der Waals surface area contributed by atoms with E-state index < -0.39 is 0 Å². The number of nitrogens with zero attached hydrogens (tertiary/aromatic N) is 1. The van der Waals surface area contributed by atoms with Crippen molar-refractivity contribution in [3.05, 3.63) is 52.8 Å². The minimum Gasteiger partial charge on any atom is -0.497 e. The predicted molar refractivity (Wildman–Crippen MR) is 111 cm³/mol. The topological polar surface area (TPSA) is 44.9 Å². The average Bonchev–Trinajstić information content (AvgIpc) is 2.93. The molecule has 0 spiro atoms. The molecule has 5 heteroatoms. The van der Waals surface area contributed by atoms with E-state index in [0.29, 0.717) is 6.54 Å². The zero-order chi connectivity index (χ0) is 20.3. The van der Waals surface area contributed by atoms with Crippen LogP contribution in [0, 0.1) is 13.8 Å². The molecule has 1 aliphatic rings. The largest absolute Gasteiger partial charge is 0.497 e. The second-order valence-electron chi connectivity index (χ2n) is 8.05. The number of carbonyl (C=O) groups is 1. The lowest BCUT2D eigenvalue weighted by Crippen LogP contribution is -3.16. The Labute approximate surface area is 168 Å².